The third-order valence-corrected chi connectivity index (χ3v) is 3.35. The van der Waals surface area contributed by atoms with Gasteiger partial charge in [0.15, 0.2) is 0 Å². The van der Waals surface area contributed by atoms with E-state index in [1.54, 1.807) is 13.0 Å². The van der Waals surface area contributed by atoms with Crippen LogP contribution in [0.2, 0.25) is 0 Å². The molecule has 1 aromatic carbocycles. The van der Waals surface area contributed by atoms with Gasteiger partial charge in [0.1, 0.15) is 5.75 Å². The average Bonchev–Trinajstić information content (AvgIpc) is 2.55. The van der Waals surface area contributed by atoms with Crippen LogP contribution >= 0.6 is 0 Å². The molecule has 8 heteroatoms. The molecule has 2 N–H and O–H groups in total. The van der Waals surface area contributed by atoms with Crippen LogP contribution in [-0.4, -0.2) is 34.6 Å². The zero-order valence-electron chi connectivity index (χ0n) is 12.9. The fraction of sp³-hybridized carbons (Fsp3) is 0.250. The minimum atomic E-state index is -1.09. The predicted octanol–water partition coefficient (Wildman–Crippen LogP) is 2.06. The Labute approximate surface area is 137 Å². The Morgan fingerprint density at radius 1 is 1.46 bits per heavy atom. The van der Waals surface area contributed by atoms with Crippen molar-refractivity contribution in [3.8, 4) is 5.75 Å². The summed E-state index contributed by atoms with van der Waals surface area (Å²) < 4.78 is 5.33. The van der Waals surface area contributed by atoms with Crippen molar-refractivity contribution in [2.75, 3.05) is 6.61 Å². The van der Waals surface area contributed by atoms with Crippen molar-refractivity contribution in [1.29, 1.82) is 0 Å². The number of carbonyl (C=O) groups is 2. The van der Waals surface area contributed by atoms with Crippen LogP contribution in [0.1, 0.15) is 23.7 Å². The summed E-state index contributed by atoms with van der Waals surface area (Å²) >= 11 is 0. The van der Waals surface area contributed by atoms with E-state index in [0.717, 1.165) is 6.07 Å². The fourth-order valence-corrected chi connectivity index (χ4v) is 2.26. The number of rotatable bonds is 6. The maximum absolute atomic E-state index is 12.4. The normalized spacial score (nSPS) is 16.2. The molecule has 0 saturated heterocycles. The maximum atomic E-state index is 12.4. The lowest BCUT2D eigenvalue weighted by Crippen LogP contribution is -2.34. The molecule has 0 radical (unpaired) electrons. The molecular weight excluding hydrogens is 316 g/mol. The third kappa shape index (κ3) is 3.97. The lowest BCUT2D eigenvalue weighted by Gasteiger charge is -2.18. The molecular formula is C16H16N2O6. The topological polar surface area (TPSA) is 119 Å². The Balaban J connectivity index is 2.25. The van der Waals surface area contributed by atoms with Crippen molar-refractivity contribution in [3.05, 3.63) is 57.7 Å². The molecule has 0 saturated carbocycles. The Morgan fingerprint density at radius 2 is 2.21 bits per heavy atom. The first kappa shape index (κ1) is 17.2. The number of benzene rings is 1. The van der Waals surface area contributed by atoms with E-state index in [-0.39, 0.29) is 22.6 Å². The molecule has 126 valence electrons. The quantitative estimate of drug-likeness (QED) is 0.608. The second kappa shape index (κ2) is 7.40. The Bertz CT molecular complexity index is 738. The number of carboxylic acids is 1. The number of ether oxygens (including phenoxy) is 1. The molecule has 0 fully saturated rings. The van der Waals surface area contributed by atoms with Crippen LogP contribution in [0.15, 0.2) is 42.0 Å². The Hall–Kier alpha value is -3.16. The number of carboxylic acid groups (broad SMARTS) is 1. The van der Waals surface area contributed by atoms with Crippen LogP contribution in [0.25, 0.3) is 0 Å². The molecule has 24 heavy (non-hydrogen) atoms. The zero-order valence-corrected chi connectivity index (χ0v) is 12.9. The van der Waals surface area contributed by atoms with E-state index in [0.29, 0.717) is 13.0 Å². The minimum Gasteiger partial charge on any atom is -0.493 e. The van der Waals surface area contributed by atoms with Crippen LogP contribution in [-0.2, 0) is 4.79 Å². The van der Waals surface area contributed by atoms with E-state index in [1.165, 1.54) is 24.3 Å². The van der Waals surface area contributed by atoms with Gasteiger partial charge in [-0.05, 0) is 25.5 Å². The summed E-state index contributed by atoms with van der Waals surface area (Å²) in [5, 5.41) is 22.5. The van der Waals surface area contributed by atoms with Crippen LogP contribution in [0.4, 0.5) is 5.69 Å². The molecule has 1 amide bonds. The summed E-state index contributed by atoms with van der Waals surface area (Å²) in [6, 6.07) is 3.26. The molecule has 2 rings (SSSR count). The number of nitrogens with zero attached hydrogens (tertiary/aromatic N) is 1. The largest absolute Gasteiger partial charge is 0.493 e. The molecule has 1 unspecified atom stereocenters. The Kier molecular flexibility index (Phi) is 5.31. The number of nitrogens with one attached hydrogen (secondary N) is 1. The van der Waals surface area contributed by atoms with Crippen LogP contribution in [0, 0.1) is 10.1 Å². The lowest BCUT2D eigenvalue weighted by molar-refractivity contribution is -0.384. The molecule has 0 aliphatic heterocycles. The number of aliphatic carboxylic acids is 1. The van der Waals surface area contributed by atoms with Crippen molar-refractivity contribution in [1.82, 2.24) is 5.32 Å². The highest BCUT2D eigenvalue weighted by Crippen LogP contribution is 2.25. The van der Waals surface area contributed by atoms with E-state index in [4.69, 9.17) is 9.84 Å². The van der Waals surface area contributed by atoms with Gasteiger partial charge in [0, 0.05) is 12.1 Å². The van der Waals surface area contributed by atoms with Gasteiger partial charge in [-0.25, -0.2) is 4.79 Å². The highest BCUT2D eigenvalue weighted by atomic mass is 16.6. The van der Waals surface area contributed by atoms with Gasteiger partial charge in [0.25, 0.3) is 11.6 Å². The number of non-ortho nitro benzene ring substituents is 1. The monoisotopic (exact) mass is 332 g/mol. The molecule has 0 aromatic heterocycles. The van der Waals surface area contributed by atoms with E-state index in [1.807, 2.05) is 0 Å². The van der Waals surface area contributed by atoms with Gasteiger partial charge in [0.05, 0.1) is 28.7 Å². The van der Waals surface area contributed by atoms with Crippen molar-refractivity contribution in [2.24, 2.45) is 0 Å². The van der Waals surface area contributed by atoms with E-state index < -0.39 is 22.8 Å². The average molecular weight is 332 g/mol. The lowest BCUT2D eigenvalue weighted by atomic mass is 10.0. The first-order valence-corrected chi connectivity index (χ1v) is 7.26. The number of hydrogen-bond donors (Lipinski definition) is 2. The van der Waals surface area contributed by atoms with Gasteiger partial charge in [0.2, 0.25) is 0 Å². The van der Waals surface area contributed by atoms with Crippen LogP contribution in [0.3, 0.4) is 0 Å². The van der Waals surface area contributed by atoms with Gasteiger partial charge in [-0.15, -0.1) is 0 Å². The summed E-state index contributed by atoms with van der Waals surface area (Å²) in [5.41, 5.74) is -0.115. The number of hydrogen-bond acceptors (Lipinski definition) is 5. The van der Waals surface area contributed by atoms with E-state index in [9.17, 15) is 19.7 Å². The number of nitro benzene ring substituents is 1. The fourth-order valence-electron chi connectivity index (χ4n) is 2.26. The van der Waals surface area contributed by atoms with Crippen molar-refractivity contribution < 1.29 is 24.4 Å². The van der Waals surface area contributed by atoms with Gasteiger partial charge in [-0.1, -0.05) is 12.2 Å². The van der Waals surface area contributed by atoms with E-state index >= 15 is 0 Å². The molecule has 8 nitrogen and oxygen atoms in total. The van der Waals surface area contributed by atoms with Crippen molar-refractivity contribution in [2.45, 2.75) is 19.4 Å². The highest BCUT2D eigenvalue weighted by Gasteiger charge is 2.21. The number of nitro groups is 1. The summed E-state index contributed by atoms with van der Waals surface area (Å²) in [6.07, 6.45) is 4.97. The SMILES string of the molecule is CCOc1ccc([N+](=O)[O-])cc1C(=O)NC1C=C(C(=O)O)C=CC1. The first-order chi connectivity index (χ1) is 11.4. The molecule has 0 bridgehead atoms. The van der Waals surface area contributed by atoms with Crippen LogP contribution in [0.5, 0.6) is 5.75 Å². The molecule has 1 aliphatic carbocycles. The zero-order chi connectivity index (χ0) is 17.7. The smallest absolute Gasteiger partial charge is 0.335 e. The number of amides is 1. The summed E-state index contributed by atoms with van der Waals surface area (Å²) in [7, 11) is 0. The minimum absolute atomic E-state index is 0.0332. The van der Waals surface area contributed by atoms with Gasteiger partial charge < -0.3 is 15.2 Å². The second-order valence-corrected chi connectivity index (χ2v) is 5.02. The highest BCUT2D eigenvalue weighted by molar-refractivity contribution is 5.98. The van der Waals surface area contributed by atoms with E-state index in [2.05, 4.69) is 5.32 Å². The van der Waals surface area contributed by atoms with Crippen molar-refractivity contribution >= 4 is 17.6 Å². The molecule has 1 aromatic rings. The third-order valence-electron chi connectivity index (χ3n) is 3.35. The van der Waals surface area contributed by atoms with Crippen LogP contribution < -0.4 is 10.1 Å². The maximum Gasteiger partial charge on any atom is 0.335 e. The van der Waals surface area contributed by atoms with Gasteiger partial charge >= 0.3 is 5.97 Å². The van der Waals surface area contributed by atoms with Gasteiger partial charge in [-0.3, -0.25) is 14.9 Å². The second-order valence-electron chi connectivity index (χ2n) is 5.02. The standard InChI is InChI=1S/C16H16N2O6/c1-2-24-14-7-6-12(18(22)23)9-13(14)15(19)17-11-5-3-4-10(8-11)16(20)21/h3-4,6-9,11H,2,5H2,1H3,(H,17,19)(H,20,21). The first-order valence-electron chi connectivity index (χ1n) is 7.26. The summed E-state index contributed by atoms with van der Waals surface area (Å²) in [6.45, 7) is 2.03. The van der Waals surface area contributed by atoms with Crippen molar-refractivity contribution in [3.63, 3.8) is 0 Å². The van der Waals surface area contributed by atoms with Gasteiger partial charge in [-0.2, -0.15) is 0 Å². The summed E-state index contributed by atoms with van der Waals surface area (Å²) in [4.78, 5) is 33.7. The Morgan fingerprint density at radius 3 is 2.83 bits per heavy atom. The molecule has 0 spiro atoms. The molecule has 0 heterocycles. The molecule has 1 atom stereocenters. The predicted molar refractivity (Wildman–Crippen MR) is 85.0 cm³/mol. The summed E-state index contributed by atoms with van der Waals surface area (Å²) in [5.74, 6) is -1.42. The number of carbonyl (C=O) groups excluding carboxylic acids is 1. The molecule has 1 aliphatic rings.